The average molecular weight is 418 g/mol. The Kier molecular flexibility index (Phi) is 5.61. The molecule has 1 N–H and O–H groups in total. The van der Waals surface area contributed by atoms with Gasteiger partial charge < -0.3 is 9.72 Å². The van der Waals surface area contributed by atoms with Crippen LogP contribution in [0.2, 0.25) is 0 Å². The molecule has 148 valence electrons. The number of nitrogens with zero attached hydrogens (tertiary/aromatic N) is 2. The van der Waals surface area contributed by atoms with E-state index in [0.717, 1.165) is 34.7 Å². The number of hydrogen-bond acceptors (Lipinski definition) is 7. The molecule has 3 aromatic heterocycles. The highest BCUT2D eigenvalue weighted by atomic mass is 32.1. The van der Waals surface area contributed by atoms with Gasteiger partial charge in [0.25, 0.3) is 5.56 Å². The van der Waals surface area contributed by atoms with Gasteiger partial charge in [-0.15, -0.1) is 22.7 Å². The second-order valence-electron chi connectivity index (χ2n) is 7.02. The van der Waals surface area contributed by atoms with Crippen LogP contribution in [0.15, 0.2) is 27.7 Å². The molecule has 4 rings (SSSR count). The van der Waals surface area contributed by atoms with Crippen LogP contribution in [0.1, 0.15) is 38.6 Å². The van der Waals surface area contributed by atoms with Crippen LogP contribution in [-0.2, 0) is 9.53 Å². The molecule has 4 heterocycles. The van der Waals surface area contributed by atoms with Crippen LogP contribution in [0.4, 0.5) is 0 Å². The molecule has 0 saturated carbocycles. The van der Waals surface area contributed by atoms with Gasteiger partial charge in [-0.25, -0.2) is 4.98 Å². The number of carbonyl (C=O) groups excluding carboxylic acids is 1. The van der Waals surface area contributed by atoms with E-state index in [4.69, 9.17) is 9.72 Å². The van der Waals surface area contributed by atoms with Crippen molar-refractivity contribution in [2.75, 3.05) is 19.7 Å². The van der Waals surface area contributed by atoms with Gasteiger partial charge in [0, 0.05) is 22.4 Å². The molecule has 28 heavy (non-hydrogen) atoms. The van der Waals surface area contributed by atoms with E-state index in [1.807, 2.05) is 36.7 Å². The fourth-order valence-corrected chi connectivity index (χ4v) is 5.53. The Labute approximate surface area is 171 Å². The van der Waals surface area contributed by atoms with Gasteiger partial charge in [-0.2, -0.15) is 0 Å². The largest absolute Gasteiger partial charge is 0.466 e. The Morgan fingerprint density at radius 2 is 2.32 bits per heavy atom. The lowest BCUT2D eigenvalue weighted by molar-refractivity contribution is -0.150. The summed E-state index contributed by atoms with van der Waals surface area (Å²) in [6.07, 6.45) is 1.78. The lowest BCUT2D eigenvalue weighted by Gasteiger charge is -2.35. The van der Waals surface area contributed by atoms with E-state index >= 15 is 0 Å². The van der Waals surface area contributed by atoms with Crippen LogP contribution in [0.3, 0.4) is 0 Å². The normalized spacial score (nSPS) is 19.0. The van der Waals surface area contributed by atoms with Gasteiger partial charge >= 0.3 is 5.97 Å². The predicted octanol–water partition coefficient (Wildman–Crippen LogP) is 4.05. The lowest BCUT2D eigenvalue weighted by atomic mass is 9.97. The van der Waals surface area contributed by atoms with Crippen molar-refractivity contribution in [3.05, 3.63) is 39.1 Å². The second-order valence-corrected chi connectivity index (χ2v) is 8.83. The van der Waals surface area contributed by atoms with Gasteiger partial charge in [0.15, 0.2) is 0 Å². The maximum atomic E-state index is 12.8. The molecule has 1 aliphatic heterocycles. The van der Waals surface area contributed by atoms with E-state index in [2.05, 4.69) is 9.88 Å². The summed E-state index contributed by atoms with van der Waals surface area (Å²) in [4.78, 5) is 36.8. The van der Waals surface area contributed by atoms with Crippen molar-refractivity contribution in [3.63, 3.8) is 0 Å². The van der Waals surface area contributed by atoms with Crippen LogP contribution in [0, 0.1) is 5.92 Å². The summed E-state index contributed by atoms with van der Waals surface area (Å²) in [6, 6.07) is 3.94. The van der Waals surface area contributed by atoms with Gasteiger partial charge in [-0.1, -0.05) is 6.07 Å². The van der Waals surface area contributed by atoms with Gasteiger partial charge in [0.1, 0.15) is 10.7 Å². The van der Waals surface area contributed by atoms with Crippen molar-refractivity contribution in [2.45, 2.75) is 32.7 Å². The minimum absolute atomic E-state index is 0.0679. The Hall–Kier alpha value is -2.03. The molecule has 0 radical (unpaired) electrons. The molecular weight excluding hydrogens is 394 g/mol. The highest BCUT2D eigenvalue weighted by Crippen LogP contribution is 2.34. The molecule has 3 aromatic rings. The number of fused-ring (bicyclic) bond motifs is 1. The molecule has 8 heteroatoms. The molecule has 1 saturated heterocycles. The molecular formula is C20H23N3O3S2. The van der Waals surface area contributed by atoms with E-state index in [1.165, 1.54) is 11.3 Å². The molecule has 0 unspecified atom stereocenters. The summed E-state index contributed by atoms with van der Waals surface area (Å²) < 4.78 is 5.19. The standard InChI is InChI=1S/C20H23N3O3S2/c1-3-26-20(25)13-6-4-8-23(10-13)12(2)17-21-18(24)16-14(11-28-19(16)22-17)15-7-5-9-27-15/h5,7,9,11-13H,3-4,6,8,10H2,1-2H3,(H,21,22,24)/t12-,13+/m0/s1. The first-order chi connectivity index (χ1) is 13.6. The third kappa shape index (κ3) is 3.64. The SMILES string of the molecule is CCOC(=O)[C@@H]1CCCN([C@@H](C)c2nc3scc(-c4cccs4)c3c(=O)[nH]2)C1. The second kappa shape index (κ2) is 8.14. The number of rotatable bonds is 5. The third-order valence-corrected chi connectivity index (χ3v) is 7.04. The first-order valence-electron chi connectivity index (χ1n) is 9.54. The zero-order valence-corrected chi connectivity index (χ0v) is 17.6. The number of thiophene rings is 2. The number of esters is 1. The topological polar surface area (TPSA) is 75.3 Å². The quantitative estimate of drug-likeness (QED) is 0.634. The Balaban J connectivity index is 1.60. The van der Waals surface area contributed by atoms with Crippen molar-refractivity contribution < 1.29 is 9.53 Å². The van der Waals surface area contributed by atoms with Crippen LogP contribution in [0.25, 0.3) is 20.7 Å². The maximum Gasteiger partial charge on any atom is 0.310 e. The molecule has 1 aliphatic rings. The number of H-pyrrole nitrogens is 1. The number of likely N-dealkylation sites (tertiary alicyclic amines) is 1. The highest BCUT2D eigenvalue weighted by Gasteiger charge is 2.30. The first kappa shape index (κ1) is 19.3. The van der Waals surface area contributed by atoms with Gasteiger partial charge in [0.05, 0.1) is 24.0 Å². The molecule has 2 atom stereocenters. The van der Waals surface area contributed by atoms with Crippen LogP contribution >= 0.6 is 22.7 Å². The summed E-state index contributed by atoms with van der Waals surface area (Å²) in [5.41, 5.74) is 0.846. The fraction of sp³-hybridized carbons (Fsp3) is 0.450. The van der Waals surface area contributed by atoms with Crippen LogP contribution in [0.5, 0.6) is 0 Å². The van der Waals surface area contributed by atoms with Crippen molar-refractivity contribution in [1.29, 1.82) is 0 Å². The van der Waals surface area contributed by atoms with Crippen molar-refractivity contribution in [2.24, 2.45) is 5.92 Å². The Morgan fingerprint density at radius 1 is 1.46 bits per heavy atom. The first-order valence-corrected chi connectivity index (χ1v) is 11.3. The van der Waals surface area contributed by atoms with E-state index in [-0.39, 0.29) is 23.5 Å². The smallest absolute Gasteiger partial charge is 0.310 e. The summed E-state index contributed by atoms with van der Waals surface area (Å²) in [7, 11) is 0. The van der Waals surface area contributed by atoms with Crippen molar-refractivity contribution in [3.8, 4) is 10.4 Å². The van der Waals surface area contributed by atoms with E-state index in [9.17, 15) is 9.59 Å². The van der Waals surface area contributed by atoms with Gasteiger partial charge in [0.2, 0.25) is 0 Å². The predicted molar refractivity (Wildman–Crippen MR) is 113 cm³/mol. The minimum Gasteiger partial charge on any atom is -0.466 e. The van der Waals surface area contributed by atoms with Crippen molar-refractivity contribution >= 4 is 38.9 Å². The van der Waals surface area contributed by atoms with Gasteiger partial charge in [-0.05, 0) is 44.7 Å². The summed E-state index contributed by atoms with van der Waals surface area (Å²) in [5, 5.41) is 4.67. The maximum absolute atomic E-state index is 12.8. The zero-order valence-electron chi connectivity index (χ0n) is 15.9. The number of hydrogen-bond donors (Lipinski definition) is 1. The monoisotopic (exact) mass is 417 g/mol. The van der Waals surface area contributed by atoms with Crippen molar-refractivity contribution in [1.82, 2.24) is 14.9 Å². The minimum atomic E-state index is -0.129. The molecule has 0 amide bonds. The zero-order chi connectivity index (χ0) is 19.7. The lowest BCUT2D eigenvalue weighted by Crippen LogP contribution is -2.41. The number of carbonyl (C=O) groups is 1. The number of aromatic nitrogens is 2. The van der Waals surface area contributed by atoms with Crippen LogP contribution in [-0.4, -0.2) is 40.5 Å². The Morgan fingerprint density at radius 3 is 3.07 bits per heavy atom. The molecule has 0 bridgehead atoms. The fourth-order valence-electron chi connectivity index (χ4n) is 3.76. The number of ether oxygens (including phenoxy) is 1. The molecule has 0 aromatic carbocycles. The molecule has 6 nitrogen and oxygen atoms in total. The molecule has 0 spiro atoms. The summed E-state index contributed by atoms with van der Waals surface area (Å²) >= 11 is 3.12. The Bertz CT molecular complexity index is 1030. The number of aromatic amines is 1. The summed E-state index contributed by atoms with van der Waals surface area (Å²) in [5.74, 6) is 0.413. The number of nitrogens with one attached hydrogen (secondary N) is 1. The van der Waals surface area contributed by atoms with Gasteiger partial charge in [-0.3, -0.25) is 14.5 Å². The average Bonchev–Trinajstić information content (AvgIpc) is 3.37. The van der Waals surface area contributed by atoms with E-state index < -0.39 is 0 Å². The summed E-state index contributed by atoms with van der Waals surface area (Å²) in [6.45, 7) is 5.78. The van der Waals surface area contributed by atoms with E-state index in [0.29, 0.717) is 24.4 Å². The highest BCUT2D eigenvalue weighted by molar-refractivity contribution is 7.18. The third-order valence-electron chi connectivity index (χ3n) is 5.27. The number of piperidine rings is 1. The molecule has 0 aliphatic carbocycles. The molecule has 1 fully saturated rings. The van der Waals surface area contributed by atoms with E-state index in [1.54, 1.807) is 11.3 Å². The van der Waals surface area contributed by atoms with Crippen LogP contribution < -0.4 is 5.56 Å².